The van der Waals surface area contributed by atoms with Crippen molar-refractivity contribution in [2.75, 3.05) is 18.4 Å². The molecule has 0 bridgehead atoms. The number of nitrogens with zero attached hydrogens (tertiary/aromatic N) is 3. The zero-order valence-corrected chi connectivity index (χ0v) is 16.6. The number of rotatable bonds is 6. The zero-order valence-electron chi connectivity index (χ0n) is 16.6. The normalized spacial score (nSPS) is 21.5. The van der Waals surface area contributed by atoms with E-state index in [-0.39, 0.29) is 17.7 Å². The zero-order chi connectivity index (χ0) is 20.5. The van der Waals surface area contributed by atoms with Gasteiger partial charge in [-0.1, -0.05) is 12.1 Å². The molecule has 30 heavy (non-hydrogen) atoms. The van der Waals surface area contributed by atoms with Gasteiger partial charge in [-0.15, -0.1) is 0 Å². The van der Waals surface area contributed by atoms with Crippen molar-refractivity contribution in [3.05, 3.63) is 48.5 Å². The monoisotopic (exact) mass is 405 g/mol. The fraction of sp³-hybridized carbons (Fsp3) is 0.391. The molecule has 0 radical (unpaired) electrons. The number of Topliss-reactive ketones (excluding diaryl/α,β-unsaturated/α-hetero) is 1. The smallest absolute Gasteiger partial charge is 0.145 e. The third-order valence-corrected chi connectivity index (χ3v) is 5.84. The molecule has 3 aromatic rings. The summed E-state index contributed by atoms with van der Waals surface area (Å²) in [5.74, 6) is 1.10. The highest BCUT2D eigenvalue weighted by Gasteiger charge is 2.29. The molecular formula is C23H24FN5O. The highest BCUT2D eigenvalue weighted by Crippen LogP contribution is 2.31. The van der Waals surface area contributed by atoms with Crippen LogP contribution in [0.4, 0.5) is 10.2 Å². The highest BCUT2D eigenvalue weighted by atomic mass is 19.1. The summed E-state index contributed by atoms with van der Waals surface area (Å²) in [7, 11) is 0. The Morgan fingerprint density at radius 3 is 2.87 bits per heavy atom. The van der Waals surface area contributed by atoms with Crippen molar-refractivity contribution in [2.45, 2.75) is 37.9 Å². The first kappa shape index (κ1) is 19.1. The Hall–Kier alpha value is -2.93. The average molecular weight is 405 g/mol. The molecule has 1 aliphatic heterocycles. The molecule has 2 aromatic heterocycles. The lowest BCUT2D eigenvalue weighted by Crippen LogP contribution is -2.45. The van der Waals surface area contributed by atoms with Crippen molar-refractivity contribution >= 4 is 22.4 Å². The minimum atomic E-state index is -0.950. The number of aromatic nitrogens is 3. The predicted molar refractivity (Wildman–Crippen MR) is 114 cm³/mol. The van der Waals surface area contributed by atoms with Crippen LogP contribution in [0.25, 0.3) is 22.0 Å². The van der Waals surface area contributed by atoms with Crippen LogP contribution in [-0.2, 0) is 11.2 Å². The Labute approximate surface area is 174 Å². The van der Waals surface area contributed by atoms with Gasteiger partial charge in [-0.05, 0) is 43.3 Å². The topological polar surface area (TPSA) is 79.8 Å². The maximum atomic E-state index is 14.1. The standard InChI is InChI=1S/C23H24FN5O/c24-19-11-25-6-5-20(19)28-23-13-26-12-21(29-23)15-3-4-16-10-27-18(8-17(16)7-15)9-22(30)14-1-2-14/h3-4,7-8,10,12-14,19-20,25H,1-2,5-6,9,11H2,(H,28,29)/t19-,20-/m0/s1. The van der Waals surface area contributed by atoms with E-state index in [9.17, 15) is 9.18 Å². The van der Waals surface area contributed by atoms with Gasteiger partial charge in [0.2, 0.25) is 0 Å². The fourth-order valence-corrected chi connectivity index (χ4v) is 3.92. The maximum absolute atomic E-state index is 14.1. The van der Waals surface area contributed by atoms with Crippen LogP contribution in [0.1, 0.15) is 25.0 Å². The van der Waals surface area contributed by atoms with Crippen molar-refractivity contribution in [3.8, 4) is 11.3 Å². The van der Waals surface area contributed by atoms with Crippen molar-refractivity contribution in [1.29, 1.82) is 0 Å². The van der Waals surface area contributed by atoms with E-state index in [2.05, 4.69) is 25.6 Å². The molecule has 5 rings (SSSR count). The molecule has 2 aliphatic rings. The third kappa shape index (κ3) is 4.16. The van der Waals surface area contributed by atoms with E-state index in [0.29, 0.717) is 25.2 Å². The summed E-state index contributed by atoms with van der Waals surface area (Å²) in [6, 6.07) is 7.74. The molecule has 2 atom stereocenters. The summed E-state index contributed by atoms with van der Waals surface area (Å²) in [4.78, 5) is 25.5. The van der Waals surface area contributed by atoms with Gasteiger partial charge >= 0.3 is 0 Å². The number of benzene rings is 1. The summed E-state index contributed by atoms with van der Waals surface area (Å²) in [6.45, 7) is 1.14. The van der Waals surface area contributed by atoms with Crippen LogP contribution in [-0.4, -0.2) is 46.0 Å². The largest absolute Gasteiger partial charge is 0.363 e. The second kappa shape index (κ2) is 8.07. The van der Waals surface area contributed by atoms with Crippen LogP contribution in [0.15, 0.2) is 42.9 Å². The summed E-state index contributed by atoms with van der Waals surface area (Å²) in [5.41, 5.74) is 2.45. The SMILES string of the molecule is O=C(Cc1cc2cc(-c3cncc(N[C@H]4CCNC[C@@H]4F)n3)ccc2cn1)C1CC1. The van der Waals surface area contributed by atoms with Crippen LogP contribution in [0, 0.1) is 5.92 Å². The summed E-state index contributed by atoms with van der Waals surface area (Å²) >= 11 is 0. The van der Waals surface area contributed by atoms with Crippen LogP contribution >= 0.6 is 0 Å². The molecule has 1 aliphatic carbocycles. The number of fused-ring (bicyclic) bond motifs is 1. The molecule has 6 nitrogen and oxygen atoms in total. The molecule has 2 fully saturated rings. The van der Waals surface area contributed by atoms with Gasteiger partial charge < -0.3 is 10.6 Å². The number of piperidine rings is 1. The van der Waals surface area contributed by atoms with Gasteiger partial charge in [0.15, 0.2) is 0 Å². The minimum Gasteiger partial charge on any atom is -0.363 e. The van der Waals surface area contributed by atoms with Gasteiger partial charge in [0.1, 0.15) is 17.8 Å². The van der Waals surface area contributed by atoms with Crippen LogP contribution in [0.3, 0.4) is 0 Å². The van der Waals surface area contributed by atoms with Crippen molar-refractivity contribution in [3.63, 3.8) is 0 Å². The molecule has 0 unspecified atom stereocenters. The lowest BCUT2D eigenvalue weighted by molar-refractivity contribution is -0.119. The second-order valence-electron chi connectivity index (χ2n) is 8.20. The second-order valence-corrected chi connectivity index (χ2v) is 8.20. The number of halogens is 1. The van der Waals surface area contributed by atoms with Gasteiger partial charge in [0.05, 0.1) is 24.1 Å². The Bertz CT molecular complexity index is 1080. The summed E-state index contributed by atoms with van der Waals surface area (Å²) in [5, 5.41) is 8.27. The average Bonchev–Trinajstić information content (AvgIpc) is 3.61. The fourth-order valence-electron chi connectivity index (χ4n) is 3.92. The minimum absolute atomic E-state index is 0.239. The van der Waals surface area contributed by atoms with Crippen LogP contribution in [0.2, 0.25) is 0 Å². The number of anilines is 1. The van der Waals surface area contributed by atoms with Crippen molar-refractivity contribution in [1.82, 2.24) is 20.3 Å². The Kier molecular flexibility index (Phi) is 5.12. The Balaban J connectivity index is 1.38. The van der Waals surface area contributed by atoms with E-state index >= 15 is 0 Å². The highest BCUT2D eigenvalue weighted by molar-refractivity contribution is 5.89. The number of ketones is 1. The molecular weight excluding hydrogens is 381 g/mol. The number of alkyl halides is 1. The summed E-state index contributed by atoms with van der Waals surface area (Å²) in [6.07, 6.45) is 7.33. The first-order valence-corrected chi connectivity index (χ1v) is 10.5. The quantitative estimate of drug-likeness (QED) is 0.655. The van der Waals surface area contributed by atoms with Crippen molar-refractivity contribution < 1.29 is 9.18 Å². The van der Waals surface area contributed by atoms with Gasteiger partial charge in [0.25, 0.3) is 0 Å². The number of carbonyl (C=O) groups is 1. The molecule has 0 amide bonds. The molecule has 1 saturated carbocycles. The lowest BCUT2D eigenvalue weighted by Gasteiger charge is -2.27. The number of hydrogen-bond acceptors (Lipinski definition) is 6. The lowest BCUT2D eigenvalue weighted by atomic mass is 10.0. The first-order valence-electron chi connectivity index (χ1n) is 10.5. The summed E-state index contributed by atoms with van der Waals surface area (Å²) < 4.78 is 14.1. The van der Waals surface area contributed by atoms with Crippen LogP contribution < -0.4 is 10.6 Å². The van der Waals surface area contributed by atoms with Crippen molar-refractivity contribution in [2.24, 2.45) is 5.92 Å². The molecule has 154 valence electrons. The van der Waals surface area contributed by atoms with E-state index in [0.717, 1.165) is 47.1 Å². The molecule has 1 saturated heterocycles. The molecule has 0 spiro atoms. The van der Waals surface area contributed by atoms with E-state index < -0.39 is 6.17 Å². The van der Waals surface area contributed by atoms with Gasteiger partial charge in [-0.3, -0.25) is 14.8 Å². The Morgan fingerprint density at radius 1 is 1.13 bits per heavy atom. The van der Waals surface area contributed by atoms with Gasteiger partial charge in [0, 0.05) is 41.7 Å². The van der Waals surface area contributed by atoms with E-state index in [1.807, 2.05) is 30.5 Å². The first-order chi connectivity index (χ1) is 14.7. The maximum Gasteiger partial charge on any atom is 0.145 e. The predicted octanol–water partition coefficient (Wildman–Crippen LogP) is 3.33. The number of hydrogen-bond donors (Lipinski definition) is 2. The van der Waals surface area contributed by atoms with Gasteiger partial charge in [-0.2, -0.15) is 0 Å². The van der Waals surface area contributed by atoms with Crippen LogP contribution in [0.5, 0.6) is 0 Å². The molecule has 7 heteroatoms. The van der Waals surface area contributed by atoms with Gasteiger partial charge in [-0.25, -0.2) is 9.37 Å². The molecule has 1 aromatic carbocycles. The molecule has 2 N–H and O–H groups in total. The molecule has 3 heterocycles. The van der Waals surface area contributed by atoms with E-state index in [1.165, 1.54) is 0 Å². The number of pyridine rings is 1. The number of carbonyl (C=O) groups excluding carboxylic acids is 1. The van der Waals surface area contributed by atoms with E-state index in [1.54, 1.807) is 12.4 Å². The third-order valence-electron chi connectivity index (χ3n) is 5.84. The number of nitrogens with one attached hydrogen (secondary N) is 2. The Morgan fingerprint density at radius 2 is 2.03 bits per heavy atom. The van der Waals surface area contributed by atoms with E-state index in [4.69, 9.17) is 0 Å².